The molecule has 1 aliphatic carbocycles. The first kappa shape index (κ1) is 22.7. The van der Waals surface area contributed by atoms with E-state index in [1.165, 1.54) is 11.0 Å². The molecule has 2 N–H and O–H groups in total. The maximum absolute atomic E-state index is 12.7. The van der Waals surface area contributed by atoms with Crippen LogP contribution >= 0.6 is 0 Å². The molecular formula is C26H24N2O7. The maximum atomic E-state index is 12.7. The second kappa shape index (κ2) is 9.63. The molecule has 0 radical (unpaired) electrons. The van der Waals surface area contributed by atoms with E-state index in [1.54, 1.807) is 6.07 Å². The number of aliphatic carboxylic acids is 1. The highest BCUT2D eigenvalue weighted by Crippen LogP contribution is 2.44. The van der Waals surface area contributed by atoms with Crippen LogP contribution in [0.15, 0.2) is 65.1 Å². The Morgan fingerprint density at radius 1 is 1.00 bits per heavy atom. The summed E-state index contributed by atoms with van der Waals surface area (Å²) in [6.07, 6.45) is -0.602. The standard InChI is InChI=1S/C26H24N2O7/c29-24(28-11-12-33-15-22(28)25(30)31)23-10-9-16(35-23)13-27-26(32)34-14-21-19-7-3-1-5-17(19)18-6-2-4-8-20(18)21/h1-10,21-22H,11-15H2,(H,27,32)(H,30,31). The van der Waals surface area contributed by atoms with Gasteiger partial charge in [0.1, 0.15) is 12.4 Å². The summed E-state index contributed by atoms with van der Waals surface area (Å²) in [4.78, 5) is 37.7. The van der Waals surface area contributed by atoms with Crippen molar-refractivity contribution in [2.24, 2.45) is 0 Å². The Kier molecular flexibility index (Phi) is 6.24. The van der Waals surface area contributed by atoms with E-state index in [1.807, 2.05) is 36.4 Å². The minimum Gasteiger partial charge on any atom is -0.480 e. The van der Waals surface area contributed by atoms with Crippen molar-refractivity contribution in [1.82, 2.24) is 10.2 Å². The van der Waals surface area contributed by atoms with Crippen molar-refractivity contribution in [2.75, 3.05) is 26.4 Å². The lowest BCUT2D eigenvalue weighted by atomic mass is 9.98. The molecule has 1 unspecified atom stereocenters. The number of furan rings is 1. The van der Waals surface area contributed by atoms with Gasteiger partial charge in [0.15, 0.2) is 11.8 Å². The summed E-state index contributed by atoms with van der Waals surface area (Å²) in [5.41, 5.74) is 4.54. The number of benzene rings is 2. The molecule has 0 saturated carbocycles. The first-order valence-corrected chi connectivity index (χ1v) is 11.3. The van der Waals surface area contributed by atoms with Gasteiger partial charge < -0.3 is 29.2 Å². The van der Waals surface area contributed by atoms with Gasteiger partial charge in [-0.15, -0.1) is 0 Å². The fourth-order valence-electron chi connectivity index (χ4n) is 4.59. The number of alkyl carbamates (subject to hydrolysis) is 1. The van der Waals surface area contributed by atoms with Crippen LogP contribution in [0.5, 0.6) is 0 Å². The van der Waals surface area contributed by atoms with E-state index in [2.05, 4.69) is 17.4 Å². The van der Waals surface area contributed by atoms with Crippen molar-refractivity contribution in [3.63, 3.8) is 0 Å². The van der Waals surface area contributed by atoms with Gasteiger partial charge in [-0.25, -0.2) is 9.59 Å². The third-order valence-electron chi connectivity index (χ3n) is 6.30. The van der Waals surface area contributed by atoms with Gasteiger partial charge in [0.05, 0.1) is 19.8 Å². The summed E-state index contributed by atoms with van der Waals surface area (Å²) in [6.45, 7) is 0.555. The molecule has 5 rings (SSSR count). The van der Waals surface area contributed by atoms with Crippen molar-refractivity contribution in [2.45, 2.75) is 18.5 Å². The summed E-state index contributed by atoms with van der Waals surface area (Å²) in [5, 5.41) is 12.0. The lowest BCUT2D eigenvalue weighted by Gasteiger charge is -2.32. The number of ether oxygens (including phenoxy) is 2. The molecule has 9 nitrogen and oxygen atoms in total. The predicted octanol–water partition coefficient (Wildman–Crippen LogP) is 3.24. The minimum atomic E-state index is -1.14. The number of carboxylic acid groups (broad SMARTS) is 1. The normalized spacial score (nSPS) is 16.9. The van der Waals surface area contributed by atoms with E-state index in [-0.39, 0.29) is 44.6 Å². The first-order valence-electron chi connectivity index (χ1n) is 11.3. The number of hydrogen-bond acceptors (Lipinski definition) is 6. The number of rotatable bonds is 6. The van der Waals surface area contributed by atoms with Crippen molar-refractivity contribution < 1.29 is 33.4 Å². The average Bonchev–Trinajstić information content (AvgIpc) is 3.49. The number of nitrogens with one attached hydrogen (secondary N) is 1. The molecule has 9 heteroatoms. The van der Waals surface area contributed by atoms with Gasteiger partial charge >= 0.3 is 12.1 Å². The Bertz CT molecular complexity index is 1220. The van der Waals surface area contributed by atoms with Crippen LogP contribution in [0.3, 0.4) is 0 Å². The van der Waals surface area contributed by atoms with Crippen LogP contribution < -0.4 is 5.32 Å². The number of hydrogen-bond donors (Lipinski definition) is 2. The van der Waals surface area contributed by atoms with Crippen LogP contribution in [0.1, 0.15) is 33.4 Å². The quantitative estimate of drug-likeness (QED) is 0.561. The lowest BCUT2D eigenvalue weighted by Crippen LogP contribution is -2.52. The van der Waals surface area contributed by atoms with Crippen molar-refractivity contribution in [1.29, 1.82) is 0 Å². The van der Waals surface area contributed by atoms with Crippen molar-refractivity contribution in [3.05, 3.63) is 83.3 Å². The van der Waals surface area contributed by atoms with Gasteiger partial charge in [0.2, 0.25) is 0 Å². The fraction of sp³-hybridized carbons (Fsp3) is 0.269. The Balaban J connectivity index is 1.17. The molecule has 35 heavy (non-hydrogen) atoms. The van der Waals surface area contributed by atoms with Crippen LogP contribution in [0.2, 0.25) is 0 Å². The van der Waals surface area contributed by atoms with Crippen LogP contribution in [0.4, 0.5) is 4.79 Å². The highest BCUT2D eigenvalue weighted by molar-refractivity contribution is 5.94. The van der Waals surface area contributed by atoms with Gasteiger partial charge in [-0.3, -0.25) is 4.79 Å². The summed E-state index contributed by atoms with van der Waals surface area (Å²) >= 11 is 0. The predicted molar refractivity (Wildman–Crippen MR) is 124 cm³/mol. The van der Waals surface area contributed by atoms with Crippen LogP contribution in [-0.2, 0) is 20.8 Å². The number of carbonyl (C=O) groups excluding carboxylic acids is 2. The van der Waals surface area contributed by atoms with E-state index < -0.39 is 24.0 Å². The largest absolute Gasteiger partial charge is 0.480 e. The third-order valence-corrected chi connectivity index (χ3v) is 6.30. The molecule has 3 aromatic rings. The smallest absolute Gasteiger partial charge is 0.407 e. The molecule has 2 aliphatic rings. The Labute approximate surface area is 201 Å². The number of nitrogens with zero attached hydrogens (tertiary/aromatic N) is 1. The zero-order chi connectivity index (χ0) is 24.4. The average molecular weight is 476 g/mol. The van der Waals surface area contributed by atoms with Crippen LogP contribution in [0.25, 0.3) is 11.1 Å². The molecule has 1 aliphatic heterocycles. The van der Waals surface area contributed by atoms with E-state index in [0.717, 1.165) is 22.3 Å². The molecule has 1 atom stereocenters. The fourth-order valence-corrected chi connectivity index (χ4v) is 4.59. The summed E-state index contributed by atoms with van der Waals surface area (Å²) in [5.74, 6) is -1.36. The number of carboxylic acids is 1. The SMILES string of the molecule is O=C(NCc1ccc(C(=O)N2CCOCC2C(=O)O)o1)OCC1c2ccccc2-c2ccccc21. The van der Waals surface area contributed by atoms with E-state index in [4.69, 9.17) is 13.9 Å². The number of fused-ring (bicyclic) bond motifs is 3. The summed E-state index contributed by atoms with van der Waals surface area (Å²) < 4.78 is 16.2. The third kappa shape index (κ3) is 4.50. The molecular weight excluding hydrogens is 452 g/mol. The number of amides is 2. The molecule has 180 valence electrons. The van der Waals surface area contributed by atoms with Gasteiger partial charge in [0, 0.05) is 12.5 Å². The monoisotopic (exact) mass is 476 g/mol. The number of carbonyl (C=O) groups is 3. The maximum Gasteiger partial charge on any atom is 0.407 e. The van der Waals surface area contributed by atoms with Gasteiger partial charge in [-0.2, -0.15) is 0 Å². The number of morpholine rings is 1. The topological polar surface area (TPSA) is 118 Å². The molecule has 2 heterocycles. The molecule has 1 fully saturated rings. The van der Waals surface area contributed by atoms with E-state index >= 15 is 0 Å². The first-order chi connectivity index (χ1) is 17.0. The van der Waals surface area contributed by atoms with Gasteiger partial charge in [-0.1, -0.05) is 48.5 Å². The van der Waals surface area contributed by atoms with Gasteiger partial charge in [-0.05, 0) is 34.4 Å². The zero-order valence-corrected chi connectivity index (χ0v) is 18.8. The second-order valence-electron chi connectivity index (χ2n) is 8.37. The van der Waals surface area contributed by atoms with Gasteiger partial charge in [0.25, 0.3) is 5.91 Å². The molecule has 0 bridgehead atoms. The zero-order valence-electron chi connectivity index (χ0n) is 18.8. The summed E-state index contributed by atoms with van der Waals surface area (Å²) in [6, 6.07) is 18.1. The highest BCUT2D eigenvalue weighted by Gasteiger charge is 2.34. The minimum absolute atomic E-state index is 0.00230. The van der Waals surface area contributed by atoms with Crippen molar-refractivity contribution in [3.8, 4) is 11.1 Å². The van der Waals surface area contributed by atoms with Crippen LogP contribution in [-0.4, -0.2) is 60.4 Å². The Morgan fingerprint density at radius 3 is 2.37 bits per heavy atom. The Hall–Kier alpha value is -4.11. The summed E-state index contributed by atoms with van der Waals surface area (Å²) in [7, 11) is 0. The Morgan fingerprint density at radius 2 is 1.69 bits per heavy atom. The van der Waals surface area contributed by atoms with Crippen molar-refractivity contribution >= 4 is 18.0 Å². The van der Waals surface area contributed by atoms with E-state index in [0.29, 0.717) is 5.76 Å². The molecule has 2 aromatic carbocycles. The van der Waals surface area contributed by atoms with E-state index in [9.17, 15) is 19.5 Å². The highest BCUT2D eigenvalue weighted by atomic mass is 16.5. The molecule has 1 saturated heterocycles. The molecule has 0 spiro atoms. The molecule has 2 amide bonds. The second-order valence-corrected chi connectivity index (χ2v) is 8.37. The molecule has 1 aromatic heterocycles. The lowest BCUT2D eigenvalue weighted by molar-refractivity contribution is -0.147. The van der Waals surface area contributed by atoms with Crippen LogP contribution in [0, 0.1) is 0 Å².